The molecule has 1 fully saturated rings. The SMILES string of the molecule is CCCNC(=O)[C@@H]1CN(CC(=O)NC(=O)NC2CCCC2)c2ccccc2O1. The smallest absolute Gasteiger partial charge is 0.321 e. The van der Waals surface area contributed by atoms with Gasteiger partial charge in [-0.05, 0) is 31.4 Å². The molecule has 1 aliphatic heterocycles. The van der Waals surface area contributed by atoms with Crippen LogP contribution >= 0.6 is 0 Å². The molecule has 1 aliphatic carbocycles. The molecule has 0 aromatic heterocycles. The van der Waals surface area contributed by atoms with Gasteiger partial charge in [0.05, 0.1) is 18.8 Å². The normalized spacial score (nSPS) is 18.8. The number of hydrogen-bond donors (Lipinski definition) is 3. The molecule has 3 N–H and O–H groups in total. The Morgan fingerprint density at radius 3 is 2.68 bits per heavy atom. The molecule has 152 valence electrons. The molecule has 1 heterocycles. The molecule has 1 aromatic carbocycles. The lowest BCUT2D eigenvalue weighted by Gasteiger charge is -2.35. The second-order valence-corrected chi connectivity index (χ2v) is 7.25. The van der Waals surface area contributed by atoms with E-state index in [1.54, 1.807) is 11.0 Å². The fourth-order valence-corrected chi connectivity index (χ4v) is 3.59. The highest BCUT2D eigenvalue weighted by molar-refractivity contribution is 5.97. The Morgan fingerprint density at radius 2 is 1.93 bits per heavy atom. The summed E-state index contributed by atoms with van der Waals surface area (Å²) in [6, 6.07) is 6.95. The minimum absolute atomic E-state index is 0.0317. The van der Waals surface area contributed by atoms with Crippen molar-refractivity contribution in [3.8, 4) is 5.75 Å². The Bertz CT molecular complexity index is 718. The van der Waals surface area contributed by atoms with Gasteiger partial charge in [-0.2, -0.15) is 0 Å². The number of anilines is 1. The number of carbonyl (C=O) groups excluding carboxylic acids is 3. The van der Waals surface area contributed by atoms with Crippen molar-refractivity contribution in [3.63, 3.8) is 0 Å². The van der Waals surface area contributed by atoms with Crippen LogP contribution in [0.4, 0.5) is 10.5 Å². The van der Waals surface area contributed by atoms with E-state index in [0.717, 1.165) is 37.8 Å². The molecule has 0 bridgehead atoms. The number of urea groups is 1. The van der Waals surface area contributed by atoms with Crippen LogP contribution in [0.15, 0.2) is 24.3 Å². The zero-order valence-electron chi connectivity index (χ0n) is 16.2. The number of carbonyl (C=O) groups is 3. The van der Waals surface area contributed by atoms with Crippen LogP contribution in [-0.2, 0) is 9.59 Å². The molecule has 1 atom stereocenters. The minimum Gasteiger partial charge on any atom is -0.477 e. The summed E-state index contributed by atoms with van der Waals surface area (Å²) >= 11 is 0. The zero-order valence-corrected chi connectivity index (χ0v) is 16.2. The number of ether oxygens (including phenoxy) is 1. The Morgan fingerprint density at radius 1 is 1.18 bits per heavy atom. The second-order valence-electron chi connectivity index (χ2n) is 7.25. The number of fused-ring (bicyclic) bond motifs is 1. The highest BCUT2D eigenvalue weighted by atomic mass is 16.5. The summed E-state index contributed by atoms with van der Waals surface area (Å²) < 4.78 is 5.81. The largest absolute Gasteiger partial charge is 0.477 e. The predicted octanol–water partition coefficient (Wildman–Crippen LogP) is 1.55. The van der Waals surface area contributed by atoms with Crippen molar-refractivity contribution < 1.29 is 19.1 Å². The van der Waals surface area contributed by atoms with Crippen LogP contribution in [0.2, 0.25) is 0 Å². The summed E-state index contributed by atoms with van der Waals surface area (Å²) in [5.74, 6) is -0.0748. The number of benzene rings is 1. The van der Waals surface area contributed by atoms with Crippen LogP contribution in [0.25, 0.3) is 0 Å². The Labute approximate surface area is 165 Å². The van der Waals surface area contributed by atoms with Gasteiger partial charge in [0.15, 0.2) is 6.10 Å². The molecule has 4 amide bonds. The van der Waals surface area contributed by atoms with Crippen molar-refractivity contribution >= 4 is 23.5 Å². The third-order valence-electron chi connectivity index (χ3n) is 4.98. The zero-order chi connectivity index (χ0) is 19.9. The van der Waals surface area contributed by atoms with E-state index in [9.17, 15) is 14.4 Å². The van der Waals surface area contributed by atoms with Crippen LogP contribution in [0, 0.1) is 0 Å². The first kappa shape index (κ1) is 20.0. The maximum Gasteiger partial charge on any atom is 0.321 e. The fraction of sp³-hybridized carbons (Fsp3) is 0.550. The summed E-state index contributed by atoms with van der Waals surface area (Å²) in [6.07, 6.45) is 4.23. The molecule has 0 unspecified atom stereocenters. The number of para-hydroxylation sites is 2. The predicted molar refractivity (Wildman–Crippen MR) is 105 cm³/mol. The van der Waals surface area contributed by atoms with Crippen LogP contribution in [0.1, 0.15) is 39.0 Å². The van der Waals surface area contributed by atoms with Crippen molar-refractivity contribution in [3.05, 3.63) is 24.3 Å². The number of nitrogens with one attached hydrogen (secondary N) is 3. The molecule has 1 aromatic rings. The standard InChI is InChI=1S/C20H28N4O4/c1-2-11-21-19(26)17-12-24(15-9-5-6-10-16(15)28-17)13-18(25)23-20(27)22-14-7-3-4-8-14/h5-6,9-10,14,17H,2-4,7-8,11-13H2,1H3,(H,21,26)(H2,22,23,25,27)/t17-/m0/s1. The number of hydrogen-bond acceptors (Lipinski definition) is 5. The van der Waals surface area contributed by atoms with Gasteiger partial charge < -0.3 is 20.3 Å². The first-order valence-electron chi connectivity index (χ1n) is 9.95. The van der Waals surface area contributed by atoms with Crippen LogP contribution in [0.5, 0.6) is 5.75 Å². The van der Waals surface area contributed by atoms with Crippen molar-refractivity contribution in [1.82, 2.24) is 16.0 Å². The highest BCUT2D eigenvalue weighted by Crippen LogP contribution is 2.32. The van der Waals surface area contributed by atoms with E-state index in [2.05, 4.69) is 16.0 Å². The molecule has 1 saturated carbocycles. The van der Waals surface area contributed by atoms with Gasteiger partial charge >= 0.3 is 6.03 Å². The third-order valence-corrected chi connectivity index (χ3v) is 4.98. The number of imide groups is 1. The molecule has 0 radical (unpaired) electrons. The van der Waals surface area contributed by atoms with Gasteiger partial charge in [0.25, 0.3) is 5.91 Å². The summed E-state index contributed by atoms with van der Waals surface area (Å²) in [4.78, 5) is 38.5. The first-order chi connectivity index (χ1) is 13.6. The van der Waals surface area contributed by atoms with Gasteiger partial charge in [-0.1, -0.05) is 31.9 Å². The Kier molecular flexibility index (Phi) is 6.73. The van der Waals surface area contributed by atoms with Crippen molar-refractivity contribution in [2.24, 2.45) is 0 Å². The molecule has 3 rings (SSSR count). The molecular weight excluding hydrogens is 360 g/mol. The molecule has 0 saturated heterocycles. The van der Waals surface area contributed by atoms with Crippen molar-refractivity contribution in [2.75, 3.05) is 24.5 Å². The van der Waals surface area contributed by atoms with Gasteiger partial charge in [0.1, 0.15) is 5.75 Å². The number of rotatable bonds is 6. The van der Waals surface area contributed by atoms with Crippen LogP contribution < -0.4 is 25.6 Å². The van der Waals surface area contributed by atoms with E-state index in [-0.39, 0.29) is 25.0 Å². The number of nitrogens with zero attached hydrogens (tertiary/aromatic N) is 1. The second kappa shape index (κ2) is 9.43. The first-order valence-corrected chi connectivity index (χ1v) is 9.95. The lowest BCUT2D eigenvalue weighted by atomic mass is 10.1. The van der Waals surface area contributed by atoms with Gasteiger partial charge in [-0.25, -0.2) is 4.79 Å². The monoisotopic (exact) mass is 388 g/mol. The van der Waals surface area contributed by atoms with Gasteiger partial charge in [0, 0.05) is 12.6 Å². The highest BCUT2D eigenvalue weighted by Gasteiger charge is 2.31. The topological polar surface area (TPSA) is 99.8 Å². The molecule has 8 nitrogen and oxygen atoms in total. The van der Waals surface area contributed by atoms with Crippen LogP contribution in [0.3, 0.4) is 0 Å². The lowest BCUT2D eigenvalue weighted by Crippen LogP contribution is -2.52. The Hall–Kier alpha value is -2.77. The molecular formula is C20H28N4O4. The molecule has 0 spiro atoms. The minimum atomic E-state index is -0.707. The maximum atomic E-state index is 12.4. The van der Waals surface area contributed by atoms with E-state index in [0.29, 0.717) is 12.3 Å². The summed E-state index contributed by atoms with van der Waals surface area (Å²) in [5.41, 5.74) is 0.730. The van der Waals surface area contributed by atoms with E-state index < -0.39 is 18.0 Å². The lowest BCUT2D eigenvalue weighted by molar-refractivity contribution is -0.128. The Balaban J connectivity index is 1.61. The van der Waals surface area contributed by atoms with E-state index in [1.807, 2.05) is 25.1 Å². The van der Waals surface area contributed by atoms with Gasteiger partial charge in [-0.3, -0.25) is 14.9 Å². The summed E-state index contributed by atoms with van der Waals surface area (Å²) in [7, 11) is 0. The summed E-state index contributed by atoms with van der Waals surface area (Å²) in [5, 5.41) is 8.05. The van der Waals surface area contributed by atoms with E-state index in [4.69, 9.17) is 4.74 Å². The average molecular weight is 388 g/mol. The van der Waals surface area contributed by atoms with E-state index >= 15 is 0 Å². The fourth-order valence-electron chi connectivity index (χ4n) is 3.59. The number of amides is 4. The maximum absolute atomic E-state index is 12.4. The molecule has 28 heavy (non-hydrogen) atoms. The molecule has 8 heteroatoms. The van der Waals surface area contributed by atoms with Gasteiger partial charge in [0.2, 0.25) is 5.91 Å². The third kappa shape index (κ3) is 5.15. The van der Waals surface area contributed by atoms with Gasteiger partial charge in [-0.15, -0.1) is 0 Å². The van der Waals surface area contributed by atoms with Crippen molar-refractivity contribution in [1.29, 1.82) is 0 Å². The quantitative estimate of drug-likeness (QED) is 0.687. The van der Waals surface area contributed by atoms with Crippen molar-refractivity contribution in [2.45, 2.75) is 51.2 Å². The van der Waals surface area contributed by atoms with Crippen LogP contribution in [-0.4, -0.2) is 49.6 Å². The average Bonchev–Trinajstić information content (AvgIpc) is 3.18. The van der Waals surface area contributed by atoms with E-state index in [1.165, 1.54) is 0 Å². The molecule has 2 aliphatic rings. The summed E-state index contributed by atoms with van der Waals surface area (Å²) in [6.45, 7) is 2.76.